The van der Waals surface area contributed by atoms with Crippen molar-refractivity contribution >= 4 is 17.7 Å². The number of ether oxygens (including phenoxy) is 1. The van der Waals surface area contributed by atoms with Crippen LogP contribution >= 0.6 is 0 Å². The van der Waals surface area contributed by atoms with Gasteiger partial charge in [-0.1, -0.05) is 13.5 Å². The number of Topliss-reactive ketones (excluding diaryl/α,β-unsaturated/α-hetero) is 1. The Labute approximate surface area is 118 Å². The van der Waals surface area contributed by atoms with Gasteiger partial charge in [0.2, 0.25) is 0 Å². The zero-order chi connectivity index (χ0) is 15.8. The second kappa shape index (κ2) is 8.47. The molecule has 1 atom stereocenters. The summed E-state index contributed by atoms with van der Waals surface area (Å²) in [6, 6.07) is 0. The summed E-state index contributed by atoms with van der Waals surface area (Å²) in [6.07, 6.45) is 0.348. The molecule has 0 amide bonds. The third-order valence-corrected chi connectivity index (χ3v) is 3.15. The normalized spacial score (nSPS) is 13.5. The Morgan fingerprint density at radius 1 is 1.20 bits per heavy atom. The van der Waals surface area contributed by atoms with Crippen molar-refractivity contribution in [2.24, 2.45) is 5.41 Å². The van der Waals surface area contributed by atoms with Crippen LogP contribution in [-0.4, -0.2) is 41.1 Å². The van der Waals surface area contributed by atoms with E-state index in [4.69, 9.17) is 9.84 Å². The first-order valence-electron chi connectivity index (χ1n) is 6.57. The van der Waals surface area contributed by atoms with Crippen LogP contribution in [-0.2, 0) is 19.1 Å². The Balaban J connectivity index is 5.33. The Morgan fingerprint density at radius 2 is 1.80 bits per heavy atom. The summed E-state index contributed by atoms with van der Waals surface area (Å²) in [7, 11) is 0. The van der Waals surface area contributed by atoms with Crippen molar-refractivity contribution in [1.82, 2.24) is 0 Å². The number of rotatable bonds is 11. The number of aliphatic carboxylic acids is 2. The van der Waals surface area contributed by atoms with Crippen LogP contribution in [0.2, 0.25) is 0 Å². The van der Waals surface area contributed by atoms with Crippen LogP contribution in [0.25, 0.3) is 0 Å². The highest BCUT2D eigenvalue weighted by Crippen LogP contribution is 2.36. The van der Waals surface area contributed by atoms with E-state index in [2.05, 4.69) is 6.58 Å². The van der Waals surface area contributed by atoms with Crippen LogP contribution in [0.4, 0.5) is 0 Å². The molecule has 20 heavy (non-hydrogen) atoms. The number of hydrogen-bond acceptors (Lipinski definition) is 4. The van der Waals surface area contributed by atoms with E-state index in [0.29, 0.717) is 13.0 Å². The zero-order valence-electron chi connectivity index (χ0n) is 12.0. The summed E-state index contributed by atoms with van der Waals surface area (Å²) in [4.78, 5) is 34.5. The first kappa shape index (κ1) is 18.3. The maximum absolute atomic E-state index is 11.8. The predicted molar refractivity (Wildman–Crippen MR) is 72.5 cm³/mol. The monoisotopic (exact) mass is 286 g/mol. The summed E-state index contributed by atoms with van der Waals surface area (Å²) < 4.78 is 5.10. The molecule has 0 aromatic rings. The van der Waals surface area contributed by atoms with Crippen LogP contribution in [0.3, 0.4) is 0 Å². The van der Waals surface area contributed by atoms with Crippen LogP contribution in [0.5, 0.6) is 0 Å². The fourth-order valence-electron chi connectivity index (χ4n) is 1.96. The van der Waals surface area contributed by atoms with Gasteiger partial charge in [0.25, 0.3) is 0 Å². The SMILES string of the molecule is C=C(C(=O)O)C(CCOCC)(CC(=O)CCC)C(=O)O. The minimum absolute atomic E-state index is 0.0640. The fourth-order valence-corrected chi connectivity index (χ4v) is 1.96. The molecular weight excluding hydrogens is 264 g/mol. The summed E-state index contributed by atoms with van der Waals surface area (Å²) in [6.45, 7) is 7.35. The molecule has 0 spiro atoms. The van der Waals surface area contributed by atoms with Crippen molar-refractivity contribution in [3.63, 3.8) is 0 Å². The first-order valence-corrected chi connectivity index (χ1v) is 6.57. The number of carboxylic acids is 2. The van der Waals surface area contributed by atoms with E-state index in [1.807, 2.05) is 0 Å². The smallest absolute Gasteiger partial charge is 0.332 e. The van der Waals surface area contributed by atoms with Gasteiger partial charge in [-0.25, -0.2) is 4.79 Å². The van der Waals surface area contributed by atoms with Crippen molar-refractivity contribution < 1.29 is 29.3 Å². The van der Waals surface area contributed by atoms with Gasteiger partial charge in [0.1, 0.15) is 11.2 Å². The van der Waals surface area contributed by atoms with E-state index in [1.165, 1.54) is 0 Å². The van der Waals surface area contributed by atoms with E-state index in [-0.39, 0.29) is 31.7 Å². The lowest BCUT2D eigenvalue weighted by Crippen LogP contribution is -2.39. The molecule has 0 aliphatic heterocycles. The highest BCUT2D eigenvalue weighted by Gasteiger charge is 2.45. The van der Waals surface area contributed by atoms with Gasteiger partial charge in [-0.15, -0.1) is 0 Å². The Hall–Kier alpha value is -1.69. The second-order valence-electron chi connectivity index (χ2n) is 4.58. The fraction of sp³-hybridized carbons (Fsp3) is 0.643. The molecule has 1 unspecified atom stereocenters. The summed E-state index contributed by atoms with van der Waals surface area (Å²) in [5.41, 5.74) is -2.28. The molecule has 0 bridgehead atoms. The van der Waals surface area contributed by atoms with E-state index in [0.717, 1.165) is 0 Å². The molecule has 0 rings (SSSR count). The molecule has 114 valence electrons. The van der Waals surface area contributed by atoms with Crippen LogP contribution in [0.15, 0.2) is 12.2 Å². The minimum Gasteiger partial charge on any atom is -0.481 e. The van der Waals surface area contributed by atoms with Gasteiger partial charge in [-0.3, -0.25) is 9.59 Å². The molecule has 0 fully saturated rings. The molecule has 0 radical (unpaired) electrons. The third kappa shape index (κ3) is 4.77. The predicted octanol–water partition coefficient (Wildman–Crippen LogP) is 1.88. The van der Waals surface area contributed by atoms with Gasteiger partial charge >= 0.3 is 11.9 Å². The molecule has 2 N–H and O–H groups in total. The number of carboxylic acid groups (broad SMARTS) is 2. The number of hydrogen-bond donors (Lipinski definition) is 2. The van der Waals surface area contributed by atoms with Crippen LogP contribution < -0.4 is 0 Å². The number of ketones is 1. The summed E-state index contributed by atoms with van der Waals surface area (Å²) >= 11 is 0. The van der Waals surface area contributed by atoms with Crippen molar-refractivity contribution in [3.05, 3.63) is 12.2 Å². The van der Waals surface area contributed by atoms with Gasteiger partial charge in [-0.05, 0) is 19.8 Å². The van der Waals surface area contributed by atoms with E-state index in [9.17, 15) is 19.5 Å². The first-order chi connectivity index (χ1) is 9.31. The molecule has 0 saturated heterocycles. The number of carbonyl (C=O) groups is 3. The third-order valence-electron chi connectivity index (χ3n) is 3.15. The Kier molecular flexibility index (Phi) is 7.76. The lowest BCUT2D eigenvalue weighted by Gasteiger charge is -2.29. The second-order valence-corrected chi connectivity index (χ2v) is 4.58. The van der Waals surface area contributed by atoms with E-state index < -0.39 is 22.9 Å². The average molecular weight is 286 g/mol. The highest BCUT2D eigenvalue weighted by molar-refractivity contribution is 5.99. The quantitative estimate of drug-likeness (QED) is 0.444. The molecule has 0 aliphatic rings. The Bertz CT molecular complexity index is 387. The van der Waals surface area contributed by atoms with E-state index >= 15 is 0 Å². The molecule has 6 heteroatoms. The molecule has 0 aromatic heterocycles. The summed E-state index contributed by atoms with van der Waals surface area (Å²) in [5.74, 6) is -3.05. The highest BCUT2D eigenvalue weighted by atomic mass is 16.5. The zero-order valence-corrected chi connectivity index (χ0v) is 12.0. The van der Waals surface area contributed by atoms with Crippen LogP contribution in [0.1, 0.15) is 39.5 Å². The minimum atomic E-state index is -1.80. The largest absolute Gasteiger partial charge is 0.481 e. The lowest BCUT2D eigenvalue weighted by atomic mass is 9.73. The van der Waals surface area contributed by atoms with Gasteiger partial charge in [0.05, 0.1) is 0 Å². The molecule has 0 saturated carbocycles. The van der Waals surface area contributed by atoms with Gasteiger partial charge < -0.3 is 14.9 Å². The molecular formula is C14H22O6. The Morgan fingerprint density at radius 3 is 2.20 bits per heavy atom. The van der Waals surface area contributed by atoms with Crippen molar-refractivity contribution in [3.8, 4) is 0 Å². The van der Waals surface area contributed by atoms with Crippen molar-refractivity contribution in [1.29, 1.82) is 0 Å². The van der Waals surface area contributed by atoms with Crippen LogP contribution in [0, 0.1) is 5.41 Å². The molecule has 0 aliphatic carbocycles. The van der Waals surface area contributed by atoms with Crippen molar-refractivity contribution in [2.45, 2.75) is 39.5 Å². The summed E-state index contributed by atoms with van der Waals surface area (Å²) in [5, 5.41) is 18.5. The van der Waals surface area contributed by atoms with Crippen molar-refractivity contribution in [2.75, 3.05) is 13.2 Å². The average Bonchev–Trinajstić information content (AvgIpc) is 2.36. The topological polar surface area (TPSA) is 101 Å². The number of carbonyl (C=O) groups excluding carboxylic acids is 1. The molecule has 6 nitrogen and oxygen atoms in total. The molecule has 0 aromatic carbocycles. The maximum atomic E-state index is 11.8. The standard InChI is InChI=1S/C14H22O6/c1-4-6-11(15)9-14(13(18)19,7-8-20-5-2)10(3)12(16)17/h3-9H2,1-2H3,(H,16,17)(H,18,19). The molecule has 0 heterocycles. The van der Waals surface area contributed by atoms with E-state index in [1.54, 1.807) is 13.8 Å². The van der Waals surface area contributed by atoms with Gasteiger partial charge in [-0.2, -0.15) is 0 Å². The van der Waals surface area contributed by atoms with Gasteiger partial charge in [0, 0.05) is 31.6 Å². The van der Waals surface area contributed by atoms with Gasteiger partial charge in [0.15, 0.2) is 0 Å². The lowest BCUT2D eigenvalue weighted by molar-refractivity contribution is -0.153. The maximum Gasteiger partial charge on any atom is 0.332 e.